The molecule has 0 fully saturated rings. The second kappa shape index (κ2) is 9.77. The number of aryl methyl sites for hydroxylation is 1. The topological polar surface area (TPSA) is 63.7 Å². The van der Waals surface area contributed by atoms with Gasteiger partial charge in [0.15, 0.2) is 6.10 Å². The van der Waals surface area contributed by atoms with Crippen LogP contribution in [0.2, 0.25) is 0 Å². The second-order valence-electron chi connectivity index (χ2n) is 5.71. The fraction of sp³-hybridized carbons (Fsp3) is 0.500. The van der Waals surface area contributed by atoms with Crippen molar-refractivity contribution in [3.63, 3.8) is 0 Å². The molecule has 1 atom stereocenters. The van der Waals surface area contributed by atoms with Crippen LogP contribution in [0.3, 0.4) is 0 Å². The molecule has 0 saturated carbocycles. The van der Waals surface area contributed by atoms with Gasteiger partial charge in [0.2, 0.25) is 12.2 Å². The van der Waals surface area contributed by atoms with E-state index in [1.807, 2.05) is 12.1 Å². The molecule has 1 unspecified atom stereocenters. The van der Waals surface area contributed by atoms with Crippen LogP contribution in [0.1, 0.15) is 49.0 Å². The zero-order valence-corrected chi connectivity index (χ0v) is 14.1. The quantitative estimate of drug-likeness (QED) is 0.288. The van der Waals surface area contributed by atoms with Gasteiger partial charge in [0.1, 0.15) is 0 Å². The SMILES string of the molecule is CC(=O)OC(C)C(=O)c1ccc(CCCCCN(C)C=O)cc1. The maximum atomic E-state index is 12.1. The Kier molecular flexibility index (Phi) is 8.02. The van der Waals surface area contributed by atoms with Crippen molar-refractivity contribution in [1.82, 2.24) is 4.90 Å². The van der Waals surface area contributed by atoms with Gasteiger partial charge in [-0.1, -0.05) is 30.7 Å². The highest BCUT2D eigenvalue weighted by atomic mass is 16.5. The first-order valence-electron chi connectivity index (χ1n) is 7.90. The molecular formula is C18H25NO4. The third-order valence-electron chi connectivity index (χ3n) is 3.61. The Bertz CT molecular complexity index is 524. The van der Waals surface area contributed by atoms with Crippen molar-refractivity contribution in [2.45, 2.75) is 45.6 Å². The molecule has 5 heteroatoms. The highest BCUT2D eigenvalue weighted by Crippen LogP contribution is 2.12. The van der Waals surface area contributed by atoms with Gasteiger partial charge in [-0.25, -0.2) is 0 Å². The number of benzene rings is 1. The Morgan fingerprint density at radius 2 is 1.83 bits per heavy atom. The minimum atomic E-state index is -0.756. The molecule has 1 aromatic rings. The Balaban J connectivity index is 2.40. The van der Waals surface area contributed by atoms with Crippen LogP contribution >= 0.6 is 0 Å². The lowest BCUT2D eigenvalue weighted by Gasteiger charge is -2.11. The summed E-state index contributed by atoms with van der Waals surface area (Å²) >= 11 is 0. The molecule has 0 radical (unpaired) electrons. The monoisotopic (exact) mass is 319 g/mol. The largest absolute Gasteiger partial charge is 0.454 e. The van der Waals surface area contributed by atoms with Gasteiger partial charge in [0.25, 0.3) is 0 Å². The van der Waals surface area contributed by atoms with Gasteiger partial charge in [-0.2, -0.15) is 0 Å². The van der Waals surface area contributed by atoms with E-state index in [0.717, 1.165) is 38.6 Å². The third-order valence-corrected chi connectivity index (χ3v) is 3.61. The Labute approximate surface area is 137 Å². The molecule has 0 aliphatic heterocycles. The van der Waals surface area contributed by atoms with Gasteiger partial charge < -0.3 is 9.64 Å². The highest BCUT2D eigenvalue weighted by Gasteiger charge is 2.17. The molecule has 0 aromatic heterocycles. The zero-order chi connectivity index (χ0) is 17.2. The number of ether oxygens (including phenoxy) is 1. The number of carbonyl (C=O) groups is 3. The standard InChI is InChI=1S/C18H25NO4/c1-14(23-15(2)21)18(22)17-10-8-16(9-11-17)7-5-4-6-12-19(3)13-20/h8-11,13-14H,4-7,12H2,1-3H3. The molecule has 0 bridgehead atoms. The lowest BCUT2D eigenvalue weighted by atomic mass is 10.0. The summed E-state index contributed by atoms with van der Waals surface area (Å²) in [6.07, 6.45) is 4.12. The first-order chi connectivity index (χ1) is 10.9. The number of ketones is 1. The molecule has 0 saturated heterocycles. The van der Waals surface area contributed by atoms with Gasteiger partial charge in [0.05, 0.1) is 0 Å². The number of carbonyl (C=O) groups excluding carboxylic acids is 3. The van der Waals surface area contributed by atoms with Crippen molar-refractivity contribution in [1.29, 1.82) is 0 Å². The summed E-state index contributed by atoms with van der Waals surface area (Å²) < 4.78 is 4.90. The van der Waals surface area contributed by atoms with E-state index >= 15 is 0 Å². The predicted octanol–water partition coefficient (Wildman–Crippen LogP) is 2.62. The molecule has 0 spiro atoms. The zero-order valence-electron chi connectivity index (χ0n) is 14.1. The predicted molar refractivity (Wildman–Crippen MR) is 88.2 cm³/mol. The van der Waals surface area contributed by atoms with Crippen molar-refractivity contribution >= 4 is 18.2 Å². The number of unbranched alkanes of at least 4 members (excludes halogenated alkanes) is 2. The van der Waals surface area contributed by atoms with Gasteiger partial charge in [-0.05, 0) is 31.7 Å². The van der Waals surface area contributed by atoms with Crippen LogP contribution in [0, 0.1) is 0 Å². The second-order valence-corrected chi connectivity index (χ2v) is 5.71. The van der Waals surface area contributed by atoms with Gasteiger partial charge in [0, 0.05) is 26.1 Å². The molecule has 0 aliphatic carbocycles. The molecule has 23 heavy (non-hydrogen) atoms. The van der Waals surface area contributed by atoms with Crippen molar-refractivity contribution < 1.29 is 19.1 Å². The lowest BCUT2D eigenvalue weighted by molar-refractivity contribution is -0.143. The van der Waals surface area contributed by atoms with E-state index in [0.29, 0.717) is 5.56 Å². The summed E-state index contributed by atoms with van der Waals surface area (Å²) in [6, 6.07) is 7.42. The molecular weight excluding hydrogens is 294 g/mol. The van der Waals surface area contributed by atoms with Gasteiger partial charge in [-0.15, -0.1) is 0 Å². The number of amides is 1. The Morgan fingerprint density at radius 3 is 2.39 bits per heavy atom. The lowest BCUT2D eigenvalue weighted by Crippen LogP contribution is -2.23. The maximum absolute atomic E-state index is 12.1. The molecule has 0 N–H and O–H groups in total. The van der Waals surface area contributed by atoms with E-state index in [2.05, 4.69) is 0 Å². The van der Waals surface area contributed by atoms with E-state index in [-0.39, 0.29) is 5.78 Å². The van der Waals surface area contributed by atoms with Crippen LogP contribution < -0.4 is 0 Å². The fourth-order valence-electron chi connectivity index (χ4n) is 2.29. The van der Waals surface area contributed by atoms with Crippen LogP contribution in [0.25, 0.3) is 0 Å². The summed E-state index contributed by atoms with van der Waals surface area (Å²) in [5.74, 6) is -0.647. The summed E-state index contributed by atoms with van der Waals surface area (Å²) in [4.78, 5) is 35.1. The minimum absolute atomic E-state index is 0.191. The molecule has 5 nitrogen and oxygen atoms in total. The molecule has 126 valence electrons. The Morgan fingerprint density at radius 1 is 1.17 bits per heavy atom. The number of Topliss-reactive ketones (excluding diaryl/α,β-unsaturated/α-hetero) is 1. The fourth-order valence-corrected chi connectivity index (χ4v) is 2.29. The molecule has 0 heterocycles. The summed E-state index contributed by atoms with van der Waals surface area (Å²) in [5.41, 5.74) is 1.72. The first kappa shape index (κ1) is 18.9. The number of hydrogen-bond acceptors (Lipinski definition) is 4. The van der Waals surface area contributed by atoms with Crippen molar-refractivity contribution in [2.75, 3.05) is 13.6 Å². The van der Waals surface area contributed by atoms with Crippen LogP contribution in [0.5, 0.6) is 0 Å². The molecule has 0 aliphatic rings. The summed E-state index contributed by atoms with van der Waals surface area (Å²) in [7, 11) is 1.78. The molecule has 1 amide bonds. The van der Waals surface area contributed by atoms with Gasteiger partial charge in [-0.3, -0.25) is 14.4 Å². The number of hydrogen-bond donors (Lipinski definition) is 0. The molecule has 1 rings (SSSR count). The van der Waals surface area contributed by atoms with Crippen molar-refractivity contribution in [2.24, 2.45) is 0 Å². The first-order valence-corrected chi connectivity index (χ1v) is 7.90. The maximum Gasteiger partial charge on any atom is 0.303 e. The number of nitrogens with zero attached hydrogens (tertiary/aromatic N) is 1. The van der Waals surface area contributed by atoms with E-state index in [1.54, 1.807) is 31.0 Å². The van der Waals surface area contributed by atoms with Crippen LogP contribution in [0.4, 0.5) is 0 Å². The normalized spacial score (nSPS) is 11.6. The van der Waals surface area contributed by atoms with Crippen LogP contribution in [0.15, 0.2) is 24.3 Å². The van der Waals surface area contributed by atoms with Crippen molar-refractivity contribution in [3.8, 4) is 0 Å². The van der Waals surface area contributed by atoms with E-state index in [9.17, 15) is 14.4 Å². The van der Waals surface area contributed by atoms with E-state index < -0.39 is 12.1 Å². The number of esters is 1. The van der Waals surface area contributed by atoms with Gasteiger partial charge >= 0.3 is 5.97 Å². The number of rotatable bonds is 10. The van der Waals surface area contributed by atoms with E-state index in [4.69, 9.17) is 4.74 Å². The van der Waals surface area contributed by atoms with Crippen LogP contribution in [-0.4, -0.2) is 42.8 Å². The minimum Gasteiger partial charge on any atom is -0.454 e. The smallest absolute Gasteiger partial charge is 0.303 e. The summed E-state index contributed by atoms with van der Waals surface area (Å²) in [5, 5.41) is 0. The summed E-state index contributed by atoms with van der Waals surface area (Å²) in [6.45, 7) is 3.65. The average molecular weight is 319 g/mol. The molecule has 1 aromatic carbocycles. The van der Waals surface area contributed by atoms with Crippen LogP contribution in [-0.2, 0) is 20.7 Å². The van der Waals surface area contributed by atoms with E-state index in [1.165, 1.54) is 12.5 Å². The average Bonchev–Trinajstić information content (AvgIpc) is 2.53. The Hall–Kier alpha value is -2.17. The van der Waals surface area contributed by atoms with Crippen molar-refractivity contribution in [3.05, 3.63) is 35.4 Å². The highest BCUT2D eigenvalue weighted by molar-refractivity contribution is 6.00. The third kappa shape index (κ3) is 7.08.